The number of sulfonamides is 1. The maximum Gasteiger partial charge on any atom is 0.265 e. The quantitative estimate of drug-likeness (QED) is 0.682. The zero-order valence-corrected chi connectivity index (χ0v) is 13.6. The maximum atomic E-state index is 12.0. The number of benzene rings is 1. The van der Waals surface area contributed by atoms with Gasteiger partial charge in [-0.1, -0.05) is 19.8 Å². The molecule has 2 rings (SSSR count). The van der Waals surface area contributed by atoms with Crippen molar-refractivity contribution in [3.8, 4) is 0 Å². The van der Waals surface area contributed by atoms with Gasteiger partial charge in [0.1, 0.15) is 5.69 Å². The summed E-state index contributed by atoms with van der Waals surface area (Å²) >= 11 is 0. The summed E-state index contributed by atoms with van der Waals surface area (Å²) in [6.45, 7) is 3.80. The first-order chi connectivity index (χ1) is 10.3. The fourth-order valence-electron chi connectivity index (χ4n) is 2.41. The Morgan fingerprint density at radius 1 is 1.32 bits per heavy atom. The van der Waals surface area contributed by atoms with Crippen LogP contribution in [0.15, 0.2) is 18.2 Å². The zero-order valence-electron chi connectivity index (χ0n) is 12.8. The van der Waals surface area contributed by atoms with Gasteiger partial charge in [0.05, 0.1) is 5.75 Å². The van der Waals surface area contributed by atoms with Crippen molar-refractivity contribution in [3.05, 3.63) is 29.5 Å². The number of nitrogens with two attached hydrogens (primary N) is 1. The first kappa shape index (κ1) is 16.4. The Morgan fingerprint density at radius 2 is 2.05 bits per heavy atom. The van der Waals surface area contributed by atoms with Crippen LogP contribution in [0.4, 0.5) is 5.69 Å². The van der Waals surface area contributed by atoms with Gasteiger partial charge in [0.25, 0.3) is 5.91 Å². The van der Waals surface area contributed by atoms with Crippen LogP contribution in [0, 0.1) is 6.92 Å². The zero-order chi connectivity index (χ0) is 16.3. The minimum absolute atomic E-state index is 0.109. The highest BCUT2D eigenvalue weighted by Gasteiger charge is 2.14. The van der Waals surface area contributed by atoms with Gasteiger partial charge in [0, 0.05) is 16.6 Å². The lowest BCUT2D eigenvalue weighted by Crippen LogP contribution is -2.16. The Morgan fingerprint density at radius 3 is 2.68 bits per heavy atom. The number of fused-ring (bicyclic) bond motifs is 1. The number of hydrogen-bond acceptors (Lipinski definition) is 3. The molecular formula is C15H21N3O3S. The van der Waals surface area contributed by atoms with E-state index in [1.165, 1.54) is 0 Å². The number of hydrogen-bond donors (Lipinski definition) is 3. The summed E-state index contributed by atoms with van der Waals surface area (Å²) in [5, 5.41) is 0.780. The van der Waals surface area contributed by atoms with Crippen molar-refractivity contribution in [2.75, 3.05) is 10.5 Å². The number of unbranched alkanes of at least 4 members (excludes halogenated alkanes) is 2. The fourth-order valence-corrected chi connectivity index (χ4v) is 3.58. The number of primary amides is 1. The molecule has 0 aliphatic carbocycles. The molecule has 22 heavy (non-hydrogen) atoms. The third-order valence-electron chi connectivity index (χ3n) is 3.59. The van der Waals surface area contributed by atoms with Crippen molar-refractivity contribution in [2.24, 2.45) is 5.73 Å². The van der Waals surface area contributed by atoms with E-state index in [0.29, 0.717) is 17.8 Å². The van der Waals surface area contributed by atoms with E-state index in [1.807, 2.05) is 6.92 Å². The number of aromatic nitrogens is 1. The van der Waals surface area contributed by atoms with E-state index in [2.05, 4.69) is 9.71 Å². The van der Waals surface area contributed by atoms with E-state index in [1.54, 1.807) is 25.1 Å². The number of carbonyl (C=O) groups excluding carboxylic acids is 1. The van der Waals surface area contributed by atoms with Crippen molar-refractivity contribution in [1.82, 2.24) is 4.98 Å². The summed E-state index contributed by atoms with van der Waals surface area (Å²) in [6, 6.07) is 5.12. The van der Waals surface area contributed by atoms with Crippen molar-refractivity contribution >= 4 is 32.5 Å². The predicted octanol–water partition coefficient (Wildman–Crippen LogP) is 2.51. The molecule has 120 valence electrons. The molecule has 0 bridgehead atoms. The van der Waals surface area contributed by atoms with E-state index < -0.39 is 15.9 Å². The van der Waals surface area contributed by atoms with E-state index in [4.69, 9.17) is 5.73 Å². The molecule has 0 unspecified atom stereocenters. The molecule has 0 saturated carbocycles. The van der Waals surface area contributed by atoms with E-state index >= 15 is 0 Å². The minimum atomic E-state index is -3.35. The largest absolute Gasteiger partial charge is 0.364 e. The number of aromatic amines is 1. The molecule has 0 aliphatic rings. The highest BCUT2D eigenvalue weighted by Crippen LogP contribution is 2.25. The van der Waals surface area contributed by atoms with Gasteiger partial charge >= 0.3 is 0 Å². The van der Waals surface area contributed by atoms with Crippen LogP contribution in [0.25, 0.3) is 10.9 Å². The number of anilines is 1. The van der Waals surface area contributed by atoms with Crippen LogP contribution in [0.5, 0.6) is 0 Å². The Hall–Kier alpha value is -2.02. The second kappa shape index (κ2) is 6.39. The number of aryl methyl sites for hydroxylation is 1. The van der Waals surface area contributed by atoms with Crippen molar-refractivity contribution in [3.63, 3.8) is 0 Å². The average Bonchev–Trinajstić information content (AvgIpc) is 2.76. The molecular weight excluding hydrogens is 302 g/mol. The second-order valence-electron chi connectivity index (χ2n) is 5.38. The molecule has 7 heteroatoms. The number of amides is 1. The normalized spacial score (nSPS) is 11.7. The van der Waals surface area contributed by atoms with Crippen LogP contribution in [0.2, 0.25) is 0 Å². The van der Waals surface area contributed by atoms with E-state index in [-0.39, 0.29) is 5.75 Å². The lowest BCUT2D eigenvalue weighted by molar-refractivity contribution is 0.0996. The number of nitrogens with one attached hydrogen (secondary N) is 2. The van der Waals surface area contributed by atoms with Gasteiger partial charge in [-0.3, -0.25) is 9.52 Å². The Kier molecular flexibility index (Phi) is 4.75. The summed E-state index contributed by atoms with van der Waals surface area (Å²) in [5.41, 5.74) is 7.61. The van der Waals surface area contributed by atoms with Crippen LogP contribution in [-0.2, 0) is 10.0 Å². The monoisotopic (exact) mass is 323 g/mol. The van der Waals surface area contributed by atoms with E-state index in [9.17, 15) is 13.2 Å². The van der Waals surface area contributed by atoms with Gasteiger partial charge in [-0.2, -0.15) is 0 Å². The summed E-state index contributed by atoms with van der Waals surface area (Å²) in [5.74, 6) is -0.423. The van der Waals surface area contributed by atoms with Crippen molar-refractivity contribution in [1.29, 1.82) is 0 Å². The molecule has 0 atom stereocenters. The van der Waals surface area contributed by atoms with Gasteiger partial charge in [-0.05, 0) is 37.1 Å². The molecule has 1 aromatic carbocycles. The van der Waals surface area contributed by atoms with Crippen LogP contribution in [-0.4, -0.2) is 25.1 Å². The van der Waals surface area contributed by atoms with E-state index in [0.717, 1.165) is 29.3 Å². The summed E-state index contributed by atoms with van der Waals surface area (Å²) in [4.78, 5) is 14.3. The van der Waals surface area contributed by atoms with Gasteiger partial charge in [0.2, 0.25) is 10.0 Å². The SMILES string of the molecule is CCCCCS(=O)(=O)Nc1ccc2[nH]c(C(N)=O)c(C)c2c1. The van der Waals surface area contributed by atoms with Crippen LogP contribution >= 0.6 is 0 Å². The second-order valence-corrected chi connectivity index (χ2v) is 7.22. The molecule has 4 N–H and O–H groups in total. The lowest BCUT2D eigenvalue weighted by atomic mass is 10.1. The molecule has 0 fully saturated rings. The van der Waals surface area contributed by atoms with Gasteiger partial charge in [0.15, 0.2) is 0 Å². The number of carbonyl (C=O) groups is 1. The van der Waals surface area contributed by atoms with Crippen LogP contribution < -0.4 is 10.5 Å². The first-order valence-corrected chi connectivity index (χ1v) is 8.92. The van der Waals surface area contributed by atoms with Gasteiger partial charge in [-0.15, -0.1) is 0 Å². The minimum Gasteiger partial charge on any atom is -0.364 e. The van der Waals surface area contributed by atoms with Crippen LogP contribution in [0.1, 0.15) is 42.2 Å². The molecule has 6 nitrogen and oxygen atoms in total. The highest BCUT2D eigenvalue weighted by molar-refractivity contribution is 7.92. The number of rotatable bonds is 7. The third kappa shape index (κ3) is 3.59. The van der Waals surface area contributed by atoms with Crippen LogP contribution in [0.3, 0.4) is 0 Å². The standard InChI is InChI=1S/C15H21N3O3S/c1-3-4-5-8-22(20,21)18-11-6-7-13-12(9-11)10(2)14(17-13)15(16)19/h6-7,9,17-18H,3-5,8H2,1-2H3,(H2,16,19). The maximum absolute atomic E-state index is 12.0. The van der Waals surface area contributed by atoms with Gasteiger partial charge in [-0.25, -0.2) is 8.42 Å². The molecule has 1 aromatic heterocycles. The average molecular weight is 323 g/mol. The summed E-state index contributed by atoms with van der Waals surface area (Å²) < 4.78 is 26.6. The molecule has 2 aromatic rings. The summed E-state index contributed by atoms with van der Waals surface area (Å²) in [7, 11) is -3.35. The Bertz CT molecular complexity index is 794. The summed E-state index contributed by atoms with van der Waals surface area (Å²) in [6.07, 6.45) is 2.50. The van der Waals surface area contributed by atoms with Crippen molar-refractivity contribution in [2.45, 2.75) is 33.1 Å². The lowest BCUT2D eigenvalue weighted by Gasteiger charge is -2.08. The molecule has 0 radical (unpaired) electrons. The predicted molar refractivity (Wildman–Crippen MR) is 88.5 cm³/mol. The topological polar surface area (TPSA) is 105 Å². The third-order valence-corrected chi connectivity index (χ3v) is 4.97. The Balaban J connectivity index is 2.26. The fraction of sp³-hybridized carbons (Fsp3) is 0.400. The smallest absolute Gasteiger partial charge is 0.265 e. The molecule has 0 aliphatic heterocycles. The van der Waals surface area contributed by atoms with Crippen molar-refractivity contribution < 1.29 is 13.2 Å². The highest BCUT2D eigenvalue weighted by atomic mass is 32.2. The van der Waals surface area contributed by atoms with Gasteiger partial charge < -0.3 is 10.7 Å². The molecule has 0 spiro atoms. The molecule has 1 heterocycles. The Labute approximate surface area is 130 Å². The molecule has 1 amide bonds. The number of H-pyrrole nitrogens is 1. The molecule has 0 saturated heterocycles. The first-order valence-electron chi connectivity index (χ1n) is 7.26.